The lowest BCUT2D eigenvalue weighted by Gasteiger charge is -2.24. The monoisotopic (exact) mass is 333 g/mol. The van der Waals surface area contributed by atoms with Crippen LogP contribution >= 0.6 is 0 Å². The van der Waals surface area contributed by atoms with Gasteiger partial charge in [0.25, 0.3) is 0 Å². The maximum Gasteiger partial charge on any atom is 0.244 e. The fourth-order valence-corrected chi connectivity index (χ4v) is 2.64. The van der Waals surface area contributed by atoms with Crippen LogP contribution in [0.1, 0.15) is 44.9 Å². The highest BCUT2D eigenvalue weighted by molar-refractivity contribution is 5.87. The third kappa shape index (κ3) is 5.96. The van der Waals surface area contributed by atoms with E-state index in [2.05, 4.69) is 55.7 Å². The van der Waals surface area contributed by atoms with E-state index in [1.54, 1.807) is 21.0 Å². The van der Waals surface area contributed by atoms with Crippen molar-refractivity contribution in [1.29, 1.82) is 0 Å². The van der Waals surface area contributed by atoms with Crippen molar-refractivity contribution in [3.8, 4) is 0 Å². The molecule has 2 N–H and O–H groups in total. The predicted molar refractivity (Wildman–Crippen MR) is 97.7 cm³/mol. The SMILES string of the molecule is CCc1ccc(C(NCC(=O)NC(C)C(=O)N(C)C)C(C)C)cc1. The number of nitrogens with one attached hydrogen (secondary N) is 2. The van der Waals surface area contributed by atoms with E-state index in [1.807, 2.05) is 0 Å². The maximum absolute atomic E-state index is 12.1. The Bertz CT molecular complexity index is 538. The zero-order valence-electron chi connectivity index (χ0n) is 15.7. The summed E-state index contributed by atoms with van der Waals surface area (Å²) in [5.41, 5.74) is 2.47. The van der Waals surface area contributed by atoms with Gasteiger partial charge in [-0.1, -0.05) is 45.0 Å². The fourth-order valence-electron chi connectivity index (χ4n) is 2.64. The van der Waals surface area contributed by atoms with Crippen LogP contribution in [0.4, 0.5) is 0 Å². The molecule has 0 spiro atoms. The van der Waals surface area contributed by atoms with Crippen LogP contribution < -0.4 is 10.6 Å². The van der Waals surface area contributed by atoms with Gasteiger partial charge in [-0.2, -0.15) is 0 Å². The average Bonchev–Trinajstić information content (AvgIpc) is 2.54. The van der Waals surface area contributed by atoms with E-state index in [1.165, 1.54) is 16.0 Å². The lowest BCUT2D eigenvalue weighted by Crippen LogP contribution is -2.47. The Morgan fingerprint density at radius 2 is 1.67 bits per heavy atom. The van der Waals surface area contributed by atoms with Crippen LogP contribution in [0.15, 0.2) is 24.3 Å². The minimum Gasteiger partial charge on any atom is -0.347 e. The third-order valence-electron chi connectivity index (χ3n) is 4.08. The Hall–Kier alpha value is -1.88. The number of nitrogens with zero attached hydrogens (tertiary/aromatic N) is 1. The van der Waals surface area contributed by atoms with Crippen molar-refractivity contribution >= 4 is 11.8 Å². The molecule has 0 saturated carbocycles. The lowest BCUT2D eigenvalue weighted by atomic mass is 9.95. The van der Waals surface area contributed by atoms with Gasteiger partial charge in [-0.15, -0.1) is 0 Å². The summed E-state index contributed by atoms with van der Waals surface area (Å²) in [5, 5.41) is 6.04. The molecule has 24 heavy (non-hydrogen) atoms. The summed E-state index contributed by atoms with van der Waals surface area (Å²) in [6.45, 7) is 8.27. The van der Waals surface area contributed by atoms with E-state index in [0.29, 0.717) is 5.92 Å². The summed E-state index contributed by atoms with van der Waals surface area (Å²) in [6, 6.07) is 8.07. The first-order chi connectivity index (χ1) is 11.3. The third-order valence-corrected chi connectivity index (χ3v) is 4.08. The van der Waals surface area contributed by atoms with Gasteiger partial charge in [0.05, 0.1) is 6.54 Å². The molecule has 1 aromatic rings. The number of benzene rings is 1. The van der Waals surface area contributed by atoms with E-state index < -0.39 is 6.04 Å². The Kier molecular flexibility index (Phi) is 7.92. The number of carbonyl (C=O) groups is 2. The van der Waals surface area contributed by atoms with Crippen LogP contribution in [0.5, 0.6) is 0 Å². The second kappa shape index (κ2) is 9.42. The first kappa shape index (κ1) is 20.2. The Labute approximate surface area is 145 Å². The summed E-state index contributed by atoms with van der Waals surface area (Å²) in [7, 11) is 3.36. The number of likely N-dealkylation sites (N-methyl/N-ethyl adjacent to an activating group) is 1. The molecule has 2 amide bonds. The van der Waals surface area contributed by atoms with Gasteiger partial charge in [0.1, 0.15) is 6.04 Å². The Morgan fingerprint density at radius 3 is 2.12 bits per heavy atom. The zero-order chi connectivity index (χ0) is 18.3. The minimum atomic E-state index is -0.518. The number of hydrogen-bond donors (Lipinski definition) is 2. The number of amides is 2. The zero-order valence-corrected chi connectivity index (χ0v) is 15.7. The largest absolute Gasteiger partial charge is 0.347 e. The second-order valence-electron chi connectivity index (χ2n) is 6.72. The number of hydrogen-bond acceptors (Lipinski definition) is 3. The highest BCUT2D eigenvalue weighted by atomic mass is 16.2. The Balaban J connectivity index is 2.63. The van der Waals surface area contributed by atoms with E-state index in [0.717, 1.165) is 6.42 Å². The van der Waals surface area contributed by atoms with E-state index in [4.69, 9.17) is 0 Å². The molecule has 0 heterocycles. The summed E-state index contributed by atoms with van der Waals surface area (Å²) >= 11 is 0. The molecular formula is C19H31N3O2. The van der Waals surface area contributed by atoms with Crippen molar-refractivity contribution in [2.45, 2.75) is 46.2 Å². The van der Waals surface area contributed by atoms with Gasteiger partial charge in [-0.05, 0) is 30.4 Å². The van der Waals surface area contributed by atoms with Crippen LogP contribution in [0.3, 0.4) is 0 Å². The molecule has 5 heteroatoms. The lowest BCUT2D eigenvalue weighted by molar-refractivity contribution is -0.133. The Morgan fingerprint density at radius 1 is 1.08 bits per heavy atom. The van der Waals surface area contributed by atoms with Crippen molar-refractivity contribution in [3.05, 3.63) is 35.4 Å². The molecule has 5 nitrogen and oxygen atoms in total. The molecule has 2 unspecified atom stereocenters. The first-order valence-electron chi connectivity index (χ1n) is 8.59. The molecule has 1 aromatic carbocycles. The van der Waals surface area contributed by atoms with Crippen LogP contribution in [0, 0.1) is 5.92 Å². The fraction of sp³-hybridized carbons (Fsp3) is 0.579. The number of aryl methyl sites for hydroxylation is 1. The number of rotatable bonds is 8. The molecule has 0 aliphatic heterocycles. The highest BCUT2D eigenvalue weighted by Crippen LogP contribution is 2.22. The van der Waals surface area contributed by atoms with Gasteiger partial charge in [0, 0.05) is 20.1 Å². The molecule has 0 saturated heterocycles. The van der Waals surface area contributed by atoms with Gasteiger partial charge in [0.15, 0.2) is 0 Å². The average molecular weight is 333 g/mol. The molecule has 1 rings (SSSR count). The molecule has 2 atom stereocenters. The predicted octanol–water partition coefficient (Wildman–Crippen LogP) is 2.13. The summed E-state index contributed by atoms with van der Waals surface area (Å²) in [4.78, 5) is 25.4. The maximum atomic E-state index is 12.1. The second-order valence-corrected chi connectivity index (χ2v) is 6.72. The molecule has 0 aromatic heterocycles. The van der Waals surface area contributed by atoms with E-state index >= 15 is 0 Å². The van der Waals surface area contributed by atoms with E-state index in [9.17, 15) is 9.59 Å². The first-order valence-corrected chi connectivity index (χ1v) is 8.59. The van der Waals surface area contributed by atoms with Crippen molar-refractivity contribution in [2.75, 3.05) is 20.6 Å². The van der Waals surface area contributed by atoms with Crippen molar-refractivity contribution in [2.24, 2.45) is 5.92 Å². The summed E-state index contributed by atoms with van der Waals surface area (Å²) in [5.74, 6) is 0.0681. The van der Waals surface area contributed by atoms with Crippen molar-refractivity contribution in [3.63, 3.8) is 0 Å². The van der Waals surface area contributed by atoms with Crippen LogP contribution in [0.2, 0.25) is 0 Å². The van der Waals surface area contributed by atoms with E-state index in [-0.39, 0.29) is 24.4 Å². The van der Waals surface area contributed by atoms with Gasteiger partial charge >= 0.3 is 0 Å². The van der Waals surface area contributed by atoms with Gasteiger partial charge < -0.3 is 15.5 Å². The molecule has 134 valence electrons. The molecule has 0 aliphatic carbocycles. The molecule has 0 bridgehead atoms. The van der Waals surface area contributed by atoms with Crippen molar-refractivity contribution < 1.29 is 9.59 Å². The molecule has 0 aliphatic rings. The quantitative estimate of drug-likeness (QED) is 0.766. The normalized spacial score (nSPS) is 13.5. The molecular weight excluding hydrogens is 302 g/mol. The summed E-state index contributed by atoms with van der Waals surface area (Å²) < 4.78 is 0. The summed E-state index contributed by atoms with van der Waals surface area (Å²) in [6.07, 6.45) is 1.01. The smallest absolute Gasteiger partial charge is 0.244 e. The highest BCUT2D eigenvalue weighted by Gasteiger charge is 2.19. The van der Waals surface area contributed by atoms with Gasteiger partial charge in [0.2, 0.25) is 11.8 Å². The van der Waals surface area contributed by atoms with Crippen LogP contribution in [-0.4, -0.2) is 43.4 Å². The standard InChI is InChI=1S/C19H31N3O2/c1-7-15-8-10-16(11-9-15)18(13(2)3)20-12-17(23)21-14(4)19(24)22(5)6/h8-11,13-14,18,20H,7,12H2,1-6H3,(H,21,23). The van der Waals surface area contributed by atoms with Crippen LogP contribution in [0.25, 0.3) is 0 Å². The minimum absolute atomic E-state index is 0.0986. The topological polar surface area (TPSA) is 61.4 Å². The molecule has 0 radical (unpaired) electrons. The van der Waals surface area contributed by atoms with Crippen molar-refractivity contribution in [1.82, 2.24) is 15.5 Å². The number of carbonyl (C=O) groups excluding carboxylic acids is 2. The van der Waals surface area contributed by atoms with Gasteiger partial charge in [-0.25, -0.2) is 0 Å². The van der Waals surface area contributed by atoms with Crippen LogP contribution in [-0.2, 0) is 16.0 Å². The van der Waals surface area contributed by atoms with Gasteiger partial charge in [-0.3, -0.25) is 9.59 Å². The molecule has 0 fully saturated rings.